The van der Waals surface area contributed by atoms with Gasteiger partial charge in [0.1, 0.15) is 18.7 Å². The van der Waals surface area contributed by atoms with Crippen molar-refractivity contribution < 1.29 is 33.8 Å². The second kappa shape index (κ2) is 13.2. The number of nitrogens with one attached hydrogen (secondary N) is 3. The number of primary amides is 1. The third-order valence-electron chi connectivity index (χ3n) is 3.88. The number of carboxylic acids is 1. The highest BCUT2D eigenvalue weighted by Crippen LogP contribution is 2.03. The molecule has 166 valence electrons. The van der Waals surface area contributed by atoms with Gasteiger partial charge >= 0.3 is 12.1 Å². The fourth-order valence-electron chi connectivity index (χ4n) is 2.32. The molecule has 0 aliphatic heterocycles. The summed E-state index contributed by atoms with van der Waals surface area (Å²) in [6.45, 7) is -0.605. The van der Waals surface area contributed by atoms with Crippen molar-refractivity contribution >= 4 is 29.8 Å². The number of amides is 4. The molecule has 4 amide bonds. The van der Waals surface area contributed by atoms with Gasteiger partial charge in [0, 0.05) is 12.8 Å². The molecule has 11 heteroatoms. The number of nitrogens with two attached hydrogens (primary N) is 1. The van der Waals surface area contributed by atoms with Crippen molar-refractivity contribution in [1.29, 1.82) is 0 Å². The molecule has 1 aromatic rings. The van der Waals surface area contributed by atoms with E-state index in [4.69, 9.17) is 22.0 Å². The Kier molecular flexibility index (Phi) is 10.6. The van der Waals surface area contributed by atoms with Gasteiger partial charge in [0.05, 0.1) is 6.54 Å². The molecule has 2 unspecified atom stereocenters. The first kappa shape index (κ1) is 25.0. The molecular formula is C20H24N4O7. The third-order valence-corrected chi connectivity index (χ3v) is 3.88. The molecule has 0 saturated carbocycles. The van der Waals surface area contributed by atoms with Crippen molar-refractivity contribution in [2.24, 2.45) is 5.73 Å². The van der Waals surface area contributed by atoms with Gasteiger partial charge < -0.3 is 31.5 Å². The van der Waals surface area contributed by atoms with Gasteiger partial charge in [-0.25, -0.2) is 9.59 Å². The minimum Gasteiger partial charge on any atom is -0.480 e. The SMILES string of the molecule is C#CCC(NC(=O)CNC(=O)C(CCC(N)=O)NC(=O)OCc1ccccc1)C(=O)O. The number of carbonyl (C=O) groups excluding carboxylic acids is 4. The van der Waals surface area contributed by atoms with Crippen LogP contribution in [0.3, 0.4) is 0 Å². The first-order chi connectivity index (χ1) is 14.7. The Bertz CT molecular complexity index is 836. The van der Waals surface area contributed by atoms with Crippen molar-refractivity contribution in [2.45, 2.75) is 38.0 Å². The highest BCUT2D eigenvalue weighted by molar-refractivity contribution is 5.91. The number of rotatable bonds is 12. The normalized spacial score (nSPS) is 11.8. The van der Waals surface area contributed by atoms with Crippen LogP contribution < -0.4 is 21.7 Å². The number of benzene rings is 1. The minimum absolute atomic E-state index is 0.0367. The maximum absolute atomic E-state index is 12.4. The zero-order valence-corrected chi connectivity index (χ0v) is 16.6. The zero-order valence-electron chi connectivity index (χ0n) is 16.6. The third kappa shape index (κ3) is 10.3. The van der Waals surface area contributed by atoms with E-state index in [0.717, 1.165) is 5.56 Å². The van der Waals surface area contributed by atoms with E-state index in [9.17, 15) is 24.0 Å². The van der Waals surface area contributed by atoms with Crippen molar-refractivity contribution in [3.8, 4) is 12.3 Å². The molecule has 0 fully saturated rings. The summed E-state index contributed by atoms with van der Waals surface area (Å²) in [6.07, 6.45) is 3.58. The minimum atomic E-state index is -1.32. The summed E-state index contributed by atoms with van der Waals surface area (Å²) in [6, 6.07) is 6.32. The summed E-state index contributed by atoms with van der Waals surface area (Å²) < 4.78 is 5.04. The van der Waals surface area contributed by atoms with E-state index >= 15 is 0 Å². The van der Waals surface area contributed by atoms with E-state index in [1.54, 1.807) is 30.3 Å². The highest BCUT2D eigenvalue weighted by atomic mass is 16.5. The lowest BCUT2D eigenvalue weighted by atomic mass is 10.1. The van der Waals surface area contributed by atoms with E-state index in [-0.39, 0.29) is 25.9 Å². The number of carbonyl (C=O) groups is 5. The van der Waals surface area contributed by atoms with Crippen LogP contribution in [0.2, 0.25) is 0 Å². The number of hydrogen-bond acceptors (Lipinski definition) is 6. The molecule has 0 aromatic heterocycles. The van der Waals surface area contributed by atoms with E-state index in [1.165, 1.54) is 0 Å². The molecule has 0 aliphatic rings. The zero-order chi connectivity index (χ0) is 23.2. The lowest BCUT2D eigenvalue weighted by molar-refractivity contribution is -0.141. The first-order valence-electron chi connectivity index (χ1n) is 9.21. The number of ether oxygens (including phenoxy) is 1. The quantitative estimate of drug-likeness (QED) is 0.270. The Morgan fingerprint density at radius 1 is 1.10 bits per heavy atom. The van der Waals surface area contributed by atoms with Crippen LogP contribution in [0.5, 0.6) is 0 Å². The molecule has 0 heterocycles. The van der Waals surface area contributed by atoms with Crippen LogP contribution in [0.1, 0.15) is 24.8 Å². The van der Waals surface area contributed by atoms with Gasteiger partial charge in [0.25, 0.3) is 0 Å². The van der Waals surface area contributed by atoms with Gasteiger partial charge in [-0.3, -0.25) is 14.4 Å². The average molecular weight is 432 g/mol. The molecule has 1 aromatic carbocycles. The molecule has 2 atom stereocenters. The van der Waals surface area contributed by atoms with Crippen molar-refractivity contribution in [2.75, 3.05) is 6.54 Å². The van der Waals surface area contributed by atoms with Gasteiger partial charge in [-0.2, -0.15) is 0 Å². The topological polar surface area (TPSA) is 177 Å². The summed E-state index contributed by atoms with van der Waals surface area (Å²) in [5.74, 6) is -1.46. The number of alkyl carbamates (subject to hydrolysis) is 1. The molecule has 11 nitrogen and oxygen atoms in total. The number of aliphatic carboxylic acids is 1. The standard InChI is InChI=1S/C20H24N4O7/c1-2-6-15(19(28)29)23-17(26)11-22-18(27)14(9-10-16(21)25)24-20(30)31-12-13-7-4-3-5-8-13/h1,3-5,7-8,14-15H,6,9-12H2,(H2,21,25)(H,22,27)(H,23,26)(H,24,30)(H,28,29). The van der Waals surface area contributed by atoms with Crippen LogP contribution in [0.15, 0.2) is 30.3 Å². The summed E-state index contributed by atoms with van der Waals surface area (Å²) in [4.78, 5) is 58.3. The van der Waals surface area contributed by atoms with Gasteiger partial charge in [-0.15, -0.1) is 12.3 Å². The average Bonchev–Trinajstić information content (AvgIpc) is 2.73. The molecule has 0 aliphatic carbocycles. The summed E-state index contributed by atoms with van der Waals surface area (Å²) in [5, 5.41) is 15.7. The monoisotopic (exact) mass is 432 g/mol. The van der Waals surface area contributed by atoms with E-state index in [0.29, 0.717) is 0 Å². The van der Waals surface area contributed by atoms with E-state index in [2.05, 4.69) is 21.9 Å². The van der Waals surface area contributed by atoms with Crippen LogP contribution in [0.4, 0.5) is 4.79 Å². The summed E-state index contributed by atoms with van der Waals surface area (Å²) in [5.41, 5.74) is 5.82. The largest absolute Gasteiger partial charge is 0.480 e. The predicted octanol–water partition coefficient (Wildman–Crippen LogP) is -0.744. The maximum Gasteiger partial charge on any atom is 0.408 e. The number of hydrogen-bond donors (Lipinski definition) is 5. The molecule has 1 rings (SSSR count). The fourth-order valence-corrected chi connectivity index (χ4v) is 2.32. The second-order valence-corrected chi connectivity index (χ2v) is 6.35. The van der Waals surface area contributed by atoms with Crippen molar-refractivity contribution in [3.05, 3.63) is 35.9 Å². The molecule has 31 heavy (non-hydrogen) atoms. The highest BCUT2D eigenvalue weighted by Gasteiger charge is 2.24. The molecule has 6 N–H and O–H groups in total. The molecule has 0 radical (unpaired) electrons. The second-order valence-electron chi connectivity index (χ2n) is 6.35. The fraction of sp³-hybridized carbons (Fsp3) is 0.350. The maximum atomic E-state index is 12.4. The smallest absolute Gasteiger partial charge is 0.408 e. The van der Waals surface area contributed by atoms with Crippen LogP contribution >= 0.6 is 0 Å². The van der Waals surface area contributed by atoms with Crippen LogP contribution in [-0.4, -0.2) is 53.5 Å². The Hall–Kier alpha value is -4.07. The molecular weight excluding hydrogens is 408 g/mol. The summed E-state index contributed by atoms with van der Waals surface area (Å²) >= 11 is 0. The molecule has 0 spiro atoms. The van der Waals surface area contributed by atoms with Gasteiger partial charge in [-0.1, -0.05) is 30.3 Å². The van der Waals surface area contributed by atoms with Crippen molar-refractivity contribution in [1.82, 2.24) is 16.0 Å². The first-order valence-corrected chi connectivity index (χ1v) is 9.21. The van der Waals surface area contributed by atoms with Crippen LogP contribution in [0.25, 0.3) is 0 Å². The van der Waals surface area contributed by atoms with Crippen LogP contribution in [-0.2, 0) is 30.5 Å². The van der Waals surface area contributed by atoms with Gasteiger partial charge in [-0.05, 0) is 12.0 Å². The van der Waals surface area contributed by atoms with E-state index in [1.807, 2.05) is 0 Å². The van der Waals surface area contributed by atoms with Gasteiger partial charge in [0.15, 0.2) is 0 Å². The lowest BCUT2D eigenvalue weighted by Gasteiger charge is -2.18. The number of carboxylic acid groups (broad SMARTS) is 1. The Balaban J connectivity index is 2.61. The molecule has 0 saturated heterocycles. The Morgan fingerprint density at radius 2 is 1.77 bits per heavy atom. The van der Waals surface area contributed by atoms with Gasteiger partial charge in [0.2, 0.25) is 17.7 Å². The van der Waals surface area contributed by atoms with Crippen LogP contribution in [0, 0.1) is 12.3 Å². The van der Waals surface area contributed by atoms with Crippen molar-refractivity contribution in [3.63, 3.8) is 0 Å². The molecule has 0 bridgehead atoms. The Morgan fingerprint density at radius 3 is 2.35 bits per heavy atom. The Labute approximate surface area is 178 Å². The summed E-state index contributed by atoms with van der Waals surface area (Å²) in [7, 11) is 0. The lowest BCUT2D eigenvalue weighted by Crippen LogP contribution is -2.51. The number of terminal acetylenes is 1. The predicted molar refractivity (Wildman–Crippen MR) is 108 cm³/mol. The van der Waals surface area contributed by atoms with E-state index < -0.39 is 48.4 Å².